The summed E-state index contributed by atoms with van der Waals surface area (Å²) in [6, 6.07) is 0.347. The van der Waals surface area contributed by atoms with Gasteiger partial charge in [-0.25, -0.2) is 18.9 Å². The number of rotatable bonds is 61. The molecule has 616 valence electrons. The first-order valence-corrected chi connectivity index (χ1v) is 45.4. The van der Waals surface area contributed by atoms with Gasteiger partial charge in [-0.05, 0) is 150 Å². The van der Waals surface area contributed by atoms with Gasteiger partial charge in [-0.3, -0.25) is 34.2 Å². The average molecular weight is 1540 g/mol. The second-order valence-electron chi connectivity index (χ2n) is 33.1. The van der Waals surface area contributed by atoms with Crippen LogP contribution in [0.25, 0.3) is 0 Å². The maximum atomic E-state index is 12.8. The lowest BCUT2D eigenvalue weighted by Gasteiger charge is -2.55. The molecule has 0 radical (unpaired) electrons. The average Bonchev–Trinajstić information content (AvgIpc) is 1.24. The Balaban J connectivity index is 0.000000688. The monoisotopic (exact) mass is 1530 g/mol. The summed E-state index contributed by atoms with van der Waals surface area (Å²) in [6.07, 6.45) is 71.4. The molecule has 0 aromatic carbocycles. The first kappa shape index (κ1) is 99.2. The van der Waals surface area contributed by atoms with Crippen molar-refractivity contribution in [2.45, 2.75) is 388 Å². The number of ether oxygens (including phenoxy) is 3. The summed E-state index contributed by atoms with van der Waals surface area (Å²) in [7, 11) is 0.249. The molecule has 0 aliphatic heterocycles. The third-order valence-electron chi connectivity index (χ3n) is 22.7. The molecule has 0 spiro atoms. The van der Waals surface area contributed by atoms with E-state index in [0.717, 1.165) is 151 Å². The van der Waals surface area contributed by atoms with Gasteiger partial charge in [-0.15, -0.1) is 0 Å². The summed E-state index contributed by atoms with van der Waals surface area (Å²) in [5.74, 6) is 4.95. The van der Waals surface area contributed by atoms with Gasteiger partial charge in [0.15, 0.2) is 0 Å². The van der Waals surface area contributed by atoms with E-state index in [9.17, 15) is 34.4 Å². The highest BCUT2D eigenvalue weighted by Crippen LogP contribution is 2.63. The van der Waals surface area contributed by atoms with Crippen LogP contribution < -0.4 is 4.89 Å². The van der Waals surface area contributed by atoms with E-state index < -0.39 is 35.0 Å². The molecule has 4 rings (SSSR count). The van der Waals surface area contributed by atoms with Crippen LogP contribution in [0.3, 0.4) is 0 Å². The van der Waals surface area contributed by atoms with E-state index in [0.29, 0.717) is 48.2 Å². The number of allylic oxidation sites excluding steroid dienone is 7. The zero-order chi connectivity index (χ0) is 78.0. The molecule has 0 heterocycles. The van der Waals surface area contributed by atoms with Crippen molar-refractivity contribution < 1.29 is 81.6 Å². The number of carbonyl (C=O) groups is 4. The molecule has 0 aromatic rings. The Morgan fingerprint density at radius 2 is 1.04 bits per heavy atom. The number of nitrogens with zero attached hydrogens (tertiary/aromatic N) is 1. The van der Waals surface area contributed by atoms with Crippen molar-refractivity contribution in [1.29, 1.82) is 0 Å². The van der Waals surface area contributed by atoms with E-state index in [1.807, 2.05) is 51.5 Å². The predicted octanol–water partition coefficient (Wildman–Crippen LogP) is 23.7. The van der Waals surface area contributed by atoms with Gasteiger partial charge in [0.25, 0.3) is 0 Å². The van der Waals surface area contributed by atoms with Crippen molar-refractivity contribution >= 4 is 40.6 Å². The molecule has 3 fully saturated rings. The minimum Gasteiger partial charge on any atom is -0.826 e. The molecule has 0 saturated heterocycles. The lowest BCUT2D eigenvalue weighted by Crippen LogP contribution is -2.48. The fraction of sp³-hybridized carbons (Fsp3) is 0.839. The van der Waals surface area contributed by atoms with Crippen molar-refractivity contribution in [3.63, 3.8) is 0 Å². The van der Waals surface area contributed by atoms with E-state index in [1.165, 1.54) is 167 Å². The van der Waals surface area contributed by atoms with Crippen LogP contribution in [-0.2, 0) is 56.8 Å². The molecule has 3 N–H and O–H groups in total. The molecule has 0 bridgehead atoms. The number of quaternary nitrogens is 1. The van der Waals surface area contributed by atoms with Gasteiger partial charge in [0.1, 0.15) is 37.5 Å². The molecule has 4 aliphatic carbocycles. The van der Waals surface area contributed by atoms with Gasteiger partial charge in [0.05, 0.1) is 21.1 Å². The summed E-state index contributed by atoms with van der Waals surface area (Å²) in [5, 5.41) is 18.4. The number of hydrogen-bond donors (Lipinski definition) is 3. The third-order valence-corrected chi connectivity index (χ3v) is 23.8. The van der Waals surface area contributed by atoms with E-state index in [-0.39, 0.29) is 43.7 Å². The molecule has 4 aliphatic rings. The van der Waals surface area contributed by atoms with Gasteiger partial charge in [0, 0.05) is 25.7 Å². The van der Waals surface area contributed by atoms with Crippen LogP contribution >= 0.6 is 16.6 Å². The van der Waals surface area contributed by atoms with E-state index >= 15 is 0 Å². The highest BCUT2D eigenvalue weighted by Gasteiger charge is 2.55. The Morgan fingerprint density at radius 1 is 0.585 bits per heavy atom. The lowest BCUT2D eigenvalue weighted by atomic mass is 9.50. The number of hydrogen-bond acceptors (Lipinski definition) is 15. The first-order chi connectivity index (χ1) is 51.1. The Kier molecular flexibility index (Phi) is 58.6. The molecule has 0 amide bonds. The highest BCUT2D eigenvalue weighted by molar-refractivity contribution is 7.47. The molecule has 13 unspecified atom stereocenters. The van der Waals surface area contributed by atoms with Crippen LogP contribution in [0.1, 0.15) is 363 Å². The van der Waals surface area contributed by atoms with Crippen molar-refractivity contribution in [3.05, 3.63) is 60.3 Å². The normalized spacial score (nSPS) is 21.9. The Bertz CT molecular complexity index is 2430. The molecular weight excluding hydrogens is 1380 g/mol. The zero-order valence-corrected chi connectivity index (χ0v) is 70.6. The van der Waals surface area contributed by atoms with Crippen LogP contribution in [0.15, 0.2) is 60.3 Å². The van der Waals surface area contributed by atoms with E-state index in [4.69, 9.17) is 32.9 Å². The second-order valence-corrected chi connectivity index (χ2v) is 35.0. The summed E-state index contributed by atoms with van der Waals surface area (Å²) in [5.41, 5.74) is 1.93. The van der Waals surface area contributed by atoms with Crippen LogP contribution in [0.4, 0.5) is 0 Å². The lowest BCUT2D eigenvalue weighted by molar-refractivity contribution is -0.870. The number of esters is 3. The fourth-order valence-electron chi connectivity index (χ4n) is 16.5. The molecule has 13 atom stereocenters. The summed E-state index contributed by atoms with van der Waals surface area (Å²) < 4.78 is 39.7. The largest absolute Gasteiger partial charge is 0.826 e. The Morgan fingerprint density at radius 3 is 1.50 bits per heavy atom. The molecular formula is C87H157NO16P2. The number of carbonyl (C=O) groups excluding carboxylic acids is 4. The maximum absolute atomic E-state index is 12.8. The third kappa shape index (κ3) is 48.1. The number of fused-ring (bicyclic) bond motifs is 5. The molecule has 106 heavy (non-hydrogen) atoms. The molecule has 17 nitrogen and oxygen atoms in total. The number of unbranched alkanes of at least 4 members (excludes halogenated alkanes) is 28. The zero-order valence-electron chi connectivity index (χ0n) is 68.7. The number of likely N-dealkylation sites (N-methyl/N-ethyl adjacent to an activating group) is 1. The fourth-order valence-corrected chi connectivity index (χ4v) is 17.1. The topological polar surface area (TPSA) is 234 Å². The SMILES string of the molecule is CCCCC/C=C/C=C/C(CCCCCCCC(=O)OC(OC(=O)CCCCCCCCCCCCCCCCC)OP(=O)(O)OCC[N+](C)(C)C)OO.CCCCC/C=C/C=C/C(CCCCCCCC(=O)OC1CCC2(C)C(=CCC3C4CCC(C(C)CCCC(C)C)C4CCC32)C1)OO.O=CP[O-]. The number of phosphoric acid groups is 1. The van der Waals surface area contributed by atoms with Crippen LogP contribution in [0, 0.1) is 46.8 Å². The maximum Gasteiger partial charge on any atom is 0.478 e. The van der Waals surface area contributed by atoms with Gasteiger partial charge in [-0.2, -0.15) is 8.81 Å². The van der Waals surface area contributed by atoms with Crippen LogP contribution in [0.5, 0.6) is 0 Å². The second kappa shape index (κ2) is 62.6. The standard InChI is InChI=1S/C44H74O4.C42H80NO10P.CH2O2P/c1-6-7-8-9-10-12-15-21-36(48-46)22-16-13-11-14-17-23-43(45)47-37-30-31-44(5)35(32-37)24-25-41-40-27-26-38(39(40)28-29-42(41)44)34(4)20-18-19-33(2)3;1-6-8-10-12-14-15-16-17-18-19-20-21-23-27-31-35-40(44)50-42(53-54(47,48)49-38-37-43(3,4)5)51-41(45)36-32-28-24-26-30-34-39(52-46)33-29-25-22-13-11-9-7-2;2-1-4-3/h10,12,15,21,24,33-34,36-42,46H,6-9,11,13-14,16-20,22-23,25-32H2,1-5H3;22,25,29,33,39,42H,6-21,23-24,26-28,30-32,34-38H2,1-5H3,(H-,46,47,48);1,4H/q;;-1/p+1/b12-10+,21-15+;25-22+,33-29+;. The Labute approximate surface area is 648 Å². The van der Waals surface area contributed by atoms with Gasteiger partial charge in [-0.1, -0.05) is 295 Å². The van der Waals surface area contributed by atoms with E-state index in [1.54, 1.807) is 5.57 Å². The van der Waals surface area contributed by atoms with E-state index in [2.05, 4.69) is 82.5 Å². The van der Waals surface area contributed by atoms with Crippen LogP contribution in [0.2, 0.25) is 0 Å². The smallest absolute Gasteiger partial charge is 0.478 e. The highest BCUT2D eigenvalue weighted by atomic mass is 31.2. The van der Waals surface area contributed by atoms with Crippen molar-refractivity contribution in [3.8, 4) is 0 Å². The van der Waals surface area contributed by atoms with Gasteiger partial charge < -0.3 is 28.5 Å². The quantitative estimate of drug-likeness (QED) is 0.00491. The van der Waals surface area contributed by atoms with Gasteiger partial charge in [0.2, 0.25) is 0 Å². The molecule has 19 heteroatoms. The Hall–Kier alpha value is -2.92. The minimum atomic E-state index is -4.68. The predicted molar refractivity (Wildman–Crippen MR) is 433 cm³/mol. The van der Waals surface area contributed by atoms with Crippen LogP contribution in [-0.4, -0.2) is 103 Å². The number of phosphoric ester groups is 1. The summed E-state index contributed by atoms with van der Waals surface area (Å²) in [4.78, 5) is 75.4. The van der Waals surface area contributed by atoms with Crippen molar-refractivity contribution in [2.24, 2.45) is 46.8 Å². The van der Waals surface area contributed by atoms with Crippen molar-refractivity contribution in [2.75, 3.05) is 34.3 Å². The molecule has 3 saturated carbocycles. The van der Waals surface area contributed by atoms with Gasteiger partial charge >= 0.3 is 32.2 Å². The van der Waals surface area contributed by atoms with Crippen molar-refractivity contribution in [1.82, 2.24) is 0 Å². The molecule has 0 aromatic heterocycles. The first-order valence-electron chi connectivity index (χ1n) is 42.9. The summed E-state index contributed by atoms with van der Waals surface area (Å²) in [6.45, 7) is 14.9. The summed E-state index contributed by atoms with van der Waals surface area (Å²) >= 11 is 0. The minimum absolute atomic E-state index is 0.000427.